The summed E-state index contributed by atoms with van der Waals surface area (Å²) >= 11 is 0. The molecule has 1 aliphatic rings. The standard InChI is InChI=1S/C22H26N2O2/c1-23(15-16-24-14-8-13-21(24)25)22(26)17-20(18-9-4-2-5-10-18)19-11-6-3-7-12-19/h2-7,9-12,20H,8,13-17H2,1H3. The molecule has 0 aromatic heterocycles. The Morgan fingerprint density at radius 2 is 1.62 bits per heavy atom. The summed E-state index contributed by atoms with van der Waals surface area (Å²) in [6.45, 7) is 2.03. The SMILES string of the molecule is CN(CCN1CCCC1=O)C(=O)CC(c1ccccc1)c1ccccc1. The van der Waals surface area contributed by atoms with Crippen molar-refractivity contribution in [2.45, 2.75) is 25.2 Å². The van der Waals surface area contributed by atoms with Crippen LogP contribution in [0.25, 0.3) is 0 Å². The summed E-state index contributed by atoms with van der Waals surface area (Å²) in [6, 6.07) is 20.3. The number of hydrogen-bond acceptors (Lipinski definition) is 2. The minimum Gasteiger partial charge on any atom is -0.344 e. The second-order valence-electron chi connectivity index (χ2n) is 6.88. The van der Waals surface area contributed by atoms with Gasteiger partial charge in [0, 0.05) is 45.4 Å². The van der Waals surface area contributed by atoms with Crippen molar-refractivity contribution in [2.75, 3.05) is 26.7 Å². The Bertz CT molecular complexity index is 691. The molecule has 2 aromatic rings. The van der Waals surface area contributed by atoms with Gasteiger partial charge in [0.25, 0.3) is 0 Å². The third-order valence-electron chi connectivity index (χ3n) is 5.09. The lowest BCUT2D eigenvalue weighted by Gasteiger charge is -2.24. The van der Waals surface area contributed by atoms with Crippen LogP contribution in [-0.4, -0.2) is 48.3 Å². The van der Waals surface area contributed by atoms with Gasteiger partial charge in [-0.3, -0.25) is 9.59 Å². The maximum absolute atomic E-state index is 12.8. The topological polar surface area (TPSA) is 40.6 Å². The molecule has 0 saturated carbocycles. The molecule has 4 nitrogen and oxygen atoms in total. The van der Waals surface area contributed by atoms with Crippen LogP contribution >= 0.6 is 0 Å². The van der Waals surface area contributed by atoms with Gasteiger partial charge in [-0.05, 0) is 17.5 Å². The highest BCUT2D eigenvalue weighted by Crippen LogP contribution is 2.28. The number of likely N-dealkylation sites (N-methyl/N-ethyl adjacent to an activating group) is 1. The van der Waals surface area contributed by atoms with E-state index in [1.807, 2.05) is 48.3 Å². The van der Waals surface area contributed by atoms with Crippen LogP contribution in [0.4, 0.5) is 0 Å². The average Bonchev–Trinajstić information content (AvgIpc) is 3.10. The molecule has 0 spiro atoms. The monoisotopic (exact) mass is 350 g/mol. The van der Waals surface area contributed by atoms with E-state index in [-0.39, 0.29) is 17.7 Å². The minimum atomic E-state index is 0.0424. The van der Waals surface area contributed by atoms with Gasteiger partial charge < -0.3 is 9.80 Å². The summed E-state index contributed by atoms with van der Waals surface area (Å²) in [7, 11) is 1.83. The minimum absolute atomic E-state index is 0.0424. The number of carbonyl (C=O) groups excluding carboxylic acids is 2. The Hall–Kier alpha value is -2.62. The third-order valence-corrected chi connectivity index (χ3v) is 5.09. The molecule has 1 saturated heterocycles. The predicted molar refractivity (Wildman–Crippen MR) is 103 cm³/mol. The summed E-state index contributed by atoms with van der Waals surface area (Å²) in [6.07, 6.45) is 2.00. The number of nitrogens with zero attached hydrogens (tertiary/aromatic N) is 2. The first kappa shape index (κ1) is 18.2. The molecule has 26 heavy (non-hydrogen) atoms. The molecule has 136 valence electrons. The maximum Gasteiger partial charge on any atom is 0.223 e. The fourth-order valence-corrected chi connectivity index (χ4v) is 3.47. The van der Waals surface area contributed by atoms with Crippen molar-refractivity contribution in [2.24, 2.45) is 0 Å². The number of likely N-dealkylation sites (tertiary alicyclic amines) is 1. The van der Waals surface area contributed by atoms with E-state index in [4.69, 9.17) is 0 Å². The number of rotatable bonds is 7. The van der Waals surface area contributed by atoms with Crippen molar-refractivity contribution >= 4 is 11.8 Å². The first-order valence-electron chi connectivity index (χ1n) is 9.27. The first-order valence-corrected chi connectivity index (χ1v) is 9.27. The van der Waals surface area contributed by atoms with Crippen LogP contribution in [0, 0.1) is 0 Å². The Balaban J connectivity index is 1.66. The molecule has 0 unspecified atom stereocenters. The van der Waals surface area contributed by atoms with Gasteiger partial charge in [0.05, 0.1) is 0 Å². The molecule has 0 bridgehead atoms. The van der Waals surface area contributed by atoms with Gasteiger partial charge in [-0.1, -0.05) is 60.7 Å². The molecule has 0 N–H and O–H groups in total. The van der Waals surface area contributed by atoms with Crippen LogP contribution in [0.3, 0.4) is 0 Å². The zero-order valence-corrected chi connectivity index (χ0v) is 15.3. The van der Waals surface area contributed by atoms with Crippen molar-refractivity contribution in [3.05, 3.63) is 71.8 Å². The predicted octanol–water partition coefficient (Wildman–Crippen LogP) is 3.29. The van der Waals surface area contributed by atoms with Crippen LogP contribution in [0.5, 0.6) is 0 Å². The van der Waals surface area contributed by atoms with E-state index in [9.17, 15) is 9.59 Å². The molecule has 3 rings (SSSR count). The smallest absolute Gasteiger partial charge is 0.223 e. The molecule has 1 aliphatic heterocycles. The van der Waals surface area contributed by atoms with Crippen LogP contribution < -0.4 is 0 Å². The highest BCUT2D eigenvalue weighted by Gasteiger charge is 2.23. The Labute approximate surface area is 155 Å². The van der Waals surface area contributed by atoms with E-state index in [0.717, 1.165) is 24.1 Å². The lowest BCUT2D eigenvalue weighted by molar-refractivity contribution is -0.132. The number of hydrogen-bond donors (Lipinski definition) is 0. The highest BCUT2D eigenvalue weighted by molar-refractivity contribution is 5.79. The zero-order valence-electron chi connectivity index (χ0n) is 15.3. The largest absolute Gasteiger partial charge is 0.344 e. The van der Waals surface area contributed by atoms with Crippen molar-refractivity contribution in [1.29, 1.82) is 0 Å². The molecule has 2 amide bonds. The molecule has 1 heterocycles. The number of benzene rings is 2. The van der Waals surface area contributed by atoms with E-state index < -0.39 is 0 Å². The van der Waals surface area contributed by atoms with Crippen molar-refractivity contribution in [3.63, 3.8) is 0 Å². The highest BCUT2D eigenvalue weighted by atomic mass is 16.2. The van der Waals surface area contributed by atoms with E-state index in [1.165, 1.54) is 0 Å². The summed E-state index contributed by atoms with van der Waals surface area (Å²) in [4.78, 5) is 28.1. The van der Waals surface area contributed by atoms with Gasteiger partial charge in [0.1, 0.15) is 0 Å². The average molecular weight is 350 g/mol. The molecule has 0 atom stereocenters. The fraction of sp³-hybridized carbons (Fsp3) is 0.364. The Kier molecular flexibility index (Phi) is 6.05. The molecule has 2 aromatic carbocycles. The molecule has 0 radical (unpaired) electrons. The van der Waals surface area contributed by atoms with E-state index in [0.29, 0.717) is 25.9 Å². The summed E-state index contributed by atoms with van der Waals surface area (Å²) in [5, 5.41) is 0. The van der Waals surface area contributed by atoms with Crippen LogP contribution in [-0.2, 0) is 9.59 Å². The van der Waals surface area contributed by atoms with Crippen LogP contribution in [0.2, 0.25) is 0 Å². The van der Waals surface area contributed by atoms with E-state index in [2.05, 4.69) is 24.3 Å². The van der Waals surface area contributed by atoms with E-state index >= 15 is 0 Å². The Morgan fingerprint density at radius 3 is 2.12 bits per heavy atom. The van der Waals surface area contributed by atoms with Gasteiger partial charge in [0.15, 0.2) is 0 Å². The number of amides is 2. The normalized spacial score (nSPS) is 14.1. The third kappa shape index (κ3) is 4.51. The van der Waals surface area contributed by atoms with Gasteiger partial charge in [-0.2, -0.15) is 0 Å². The second kappa shape index (κ2) is 8.65. The Morgan fingerprint density at radius 1 is 1.04 bits per heavy atom. The first-order chi connectivity index (χ1) is 12.6. The fourth-order valence-electron chi connectivity index (χ4n) is 3.47. The molecule has 4 heteroatoms. The van der Waals surface area contributed by atoms with Crippen LogP contribution in [0.15, 0.2) is 60.7 Å². The molecular formula is C22H26N2O2. The van der Waals surface area contributed by atoms with E-state index in [1.54, 1.807) is 4.90 Å². The summed E-state index contributed by atoms with van der Waals surface area (Å²) in [5.41, 5.74) is 2.30. The second-order valence-corrected chi connectivity index (χ2v) is 6.88. The number of carbonyl (C=O) groups is 2. The summed E-state index contributed by atoms with van der Waals surface area (Å²) in [5.74, 6) is 0.354. The molecule has 0 aliphatic carbocycles. The zero-order chi connectivity index (χ0) is 18.4. The molecular weight excluding hydrogens is 324 g/mol. The lowest BCUT2D eigenvalue weighted by atomic mass is 9.88. The van der Waals surface area contributed by atoms with Gasteiger partial charge in [-0.25, -0.2) is 0 Å². The molecule has 1 fully saturated rings. The van der Waals surface area contributed by atoms with Gasteiger partial charge in [-0.15, -0.1) is 0 Å². The lowest BCUT2D eigenvalue weighted by Crippen LogP contribution is -2.37. The van der Waals surface area contributed by atoms with Gasteiger partial charge >= 0.3 is 0 Å². The van der Waals surface area contributed by atoms with Crippen molar-refractivity contribution in [3.8, 4) is 0 Å². The van der Waals surface area contributed by atoms with Gasteiger partial charge in [0.2, 0.25) is 11.8 Å². The van der Waals surface area contributed by atoms with Crippen molar-refractivity contribution in [1.82, 2.24) is 9.80 Å². The quantitative estimate of drug-likeness (QED) is 0.769. The van der Waals surface area contributed by atoms with Crippen LogP contribution in [0.1, 0.15) is 36.3 Å². The van der Waals surface area contributed by atoms with Crippen molar-refractivity contribution < 1.29 is 9.59 Å². The summed E-state index contributed by atoms with van der Waals surface area (Å²) < 4.78 is 0. The maximum atomic E-state index is 12.8.